The molecule has 0 saturated carbocycles. The number of carbonyl (C=O) groups is 2. The lowest BCUT2D eigenvalue weighted by Gasteiger charge is -2.22. The van der Waals surface area contributed by atoms with E-state index in [0.717, 1.165) is 0 Å². The molecule has 0 aliphatic carbocycles. The summed E-state index contributed by atoms with van der Waals surface area (Å²) in [7, 11) is 0. The van der Waals surface area contributed by atoms with E-state index in [9.17, 15) is 14.7 Å². The van der Waals surface area contributed by atoms with Gasteiger partial charge in [-0.05, 0) is 36.8 Å². The first-order valence-corrected chi connectivity index (χ1v) is 9.64. The zero-order chi connectivity index (χ0) is 20.1. The number of carbonyl (C=O) groups excluding carboxylic acids is 2. The van der Waals surface area contributed by atoms with Crippen LogP contribution in [0, 0.1) is 0 Å². The highest BCUT2D eigenvalue weighted by atomic mass is 35.5. The van der Waals surface area contributed by atoms with E-state index in [-0.39, 0.29) is 29.7 Å². The van der Waals surface area contributed by atoms with Gasteiger partial charge in [-0.1, -0.05) is 35.3 Å². The molecule has 148 valence electrons. The van der Waals surface area contributed by atoms with Gasteiger partial charge in [0.2, 0.25) is 0 Å². The van der Waals surface area contributed by atoms with E-state index < -0.39 is 0 Å². The molecule has 8 heteroatoms. The maximum Gasteiger partial charge on any atom is 0.260 e. The minimum absolute atomic E-state index is 0.0436. The second-order valence-corrected chi connectivity index (χ2v) is 7.25. The molecule has 3 rings (SSSR count). The molecule has 6 nitrogen and oxygen atoms in total. The smallest absolute Gasteiger partial charge is 0.260 e. The van der Waals surface area contributed by atoms with E-state index in [1.165, 1.54) is 6.07 Å². The van der Waals surface area contributed by atoms with Gasteiger partial charge < -0.3 is 19.6 Å². The van der Waals surface area contributed by atoms with Gasteiger partial charge in [-0.25, -0.2) is 0 Å². The molecule has 2 aromatic carbocycles. The van der Waals surface area contributed by atoms with Crippen LogP contribution in [0.4, 0.5) is 0 Å². The number of para-hydroxylation sites is 1. The quantitative estimate of drug-likeness (QED) is 0.818. The van der Waals surface area contributed by atoms with Gasteiger partial charge in [0.15, 0.2) is 6.61 Å². The number of benzene rings is 2. The number of hydrogen-bond acceptors (Lipinski definition) is 4. The van der Waals surface area contributed by atoms with E-state index in [1.807, 2.05) is 0 Å². The number of phenolic OH excluding ortho intramolecular Hbond substituents is 1. The molecule has 1 heterocycles. The molecular formula is C20H20Cl2N2O4. The highest BCUT2D eigenvalue weighted by Crippen LogP contribution is 2.27. The van der Waals surface area contributed by atoms with Crippen LogP contribution < -0.4 is 4.74 Å². The van der Waals surface area contributed by atoms with Crippen molar-refractivity contribution in [2.75, 3.05) is 32.8 Å². The molecule has 0 radical (unpaired) electrons. The van der Waals surface area contributed by atoms with Gasteiger partial charge in [-0.3, -0.25) is 9.59 Å². The SMILES string of the molecule is O=C(COc1ccc(Cl)cc1Cl)N1CCCN(C(=O)c2ccccc2O)CC1. The van der Waals surface area contributed by atoms with Crippen molar-refractivity contribution in [2.45, 2.75) is 6.42 Å². The van der Waals surface area contributed by atoms with E-state index in [0.29, 0.717) is 48.4 Å². The zero-order valence-electron chi connectivity index (χ0n) is 15.1. The van der Waals surface area contributed by atoms with Crippen LogP contribution in [0.15, 0.2) is 42.5 Å². The third kappa shape index (κ3) is 4.88. The molecule has 28 heavy (non-hydrogen) atoms. The summed E-state index contributed by atoms with van der Waals surface area (Å²) >= 11 is 11.9. The third-order valence-corrected chi connectivity index (χ3v) is 5.05. The fourth-order valence-corrected chi connectivity index (χ4v) is 3.48. The van der Waals surface area contributed by atoms with Gasteiger partial charge in [0.05, 0.1) is 10.6 Å². The third-order valence-electron chi connectivity index (χ3n) is 4.52. The Morgan fingerprint density at radius 3 is 2.46 bits per heavy atom. The molecule has 1 N–H and O–H groups in total. The highest BCUT2D eigenvalue weighted by molar-refractivity contribution is 6.35. The van der Waals surface area contributed by atoms with Crippen LogP contribution in [0.2, 0.25) is 10.0 Å². The first kappa shape index (κ1) is 20.3. The second-order valence-electron chi connectivity index (χ2n) is 6.41. The van der Waals surface area contributed by atoms with Gasteiger partial charge >= 0.3 is 0 Å². The Morgan fingerprint density at radius 2 is 1.71 bits per heavy atom. The van der Waals surface area contributed by atoms with E-state index in [2.05, 4.69) is 0 Å². The monoisotopic (exact) mass is 422 g/mol. The summed E-state index contributed by atoms with van der Waals surface area (Å²) in [5.41, 5.74) is 0.267. The molecular weight excluding hydrogens is 403 g/mol. The van der Waals surface area contributed by atoms with Crippen LogP contribution in [0.5, 0.6) is 11.5 Å². The van der Waals surface area contributed by atoms with Crippen LogP contribution in [0.3, 0.4) is 0 Å². The number of aromatic hydroxyl groups is 1. The lowest BCUT2D eigenvalue weighted by molar-refractivity contribution is -0.133. The molecule has 0 spiro atoms. The molecule has 0 unspecified atom stereocenters. The fourth-order valence-electron chi connectivity index (χ4n) is 3.02. The Balaban J connectivity index is 1.56. The van der Waals surface area contributed by atoms with Gasteiger partial charge in [0.1, 0.15) is 11.5 Å². The molecule has 1 saturated heterocycles. The minimum Gasteiger partial charge on any atom is -0.507 e. The van der Waals surface area contributed by atoms with Crippen molar-refractivity contribution < 1.29 is 19.4 Å². The average molecular weight is 423 g/mol. The Kier molecular flexibility index (Phi) is 6.65. The minimum atomic E-state index is -0.239. The molecule has 1 fully saturated rings. The van der Waals surface area contributed by atoms with Crippen molar-refractivity contribution in [3.8, 4) is 11.5 Å². The van der Waals surface area contributed by atoms with E-state index >= 15 is 0 Å². The summed E-state index contributed by atoms with van der Waals surface area (Å²) in [6.07, 6.45) is 0.646. The van der Waals surface area contributed by atoms with Gasteiger partial charge in [-0.2, -0.15) is 0 Å². The Labute approximate surface area is 173 Å². The van der Waals surface area contributed by atoms with Crippen LogP contribution in [-0.4, -0.2) is 59.5 Å². The average Bonchev–Trinajstić information content (AvgIpc) is 2.93. The number of halogens is 2. The van der Waals surface area contributed by atoms with E-state index in [4.69, 9.17) is 27.9 Å². The normalized spacial score (nSPS) is 14.5. The lowest BCUT2D eigenvalue weighted by Crippen LogP contribution is -2.39. The fraction of sp³-hybridized carbons (Fsp3) is 0.300. The number of nitrogens with zero attached hydrogens (tertiary/aromatic N) is 2. The molecule has 0 aromatic heterocycles. The van der Waals surface area contributed by atoms with Crippen LogP contribution in [0.25, 0.3) is 0 Å². The number of ether oxygens (including phenoxy) is 1. The number of phenols is 1. The summed E-state index contributed by atoms with van der Waals surface area (Å²) in [5, 5.41) is 10.7. The maximum atomic E-state index is 12.6. The molecule has 1 aliphatic heterocycles. The van der Waals surface area contributed by atoms with Crippen molar-refractivity contribution in [3.63, 3.8) is 0 Å². The predicted molar refractivity (Wildman–Crippen MR) is 107 cm³/mol. The summed E-state index contributed by atoms with van der Waals surface area (Å²) in [4.78, 5) is 28.4. The first-order chi connectivity index (χ1) is 13.5. The Morgan fingerprint density at radius 1 is 1.00 bits per heavy atom. The molecule has 0 atom stereocenters. The Bertz CT molecular complexity index is 875. The second kappa shape index (κ2) is 9.17. The standard InChI is InChI=1S/C20H20Cl2N2O4/c21-14-6-7-18(16(22)12-14)28-13-19(26)23-8-3-9-24(11-10-23)20(27)15-4-1-2-5-17(15)25/h1-2,4-7,12,25H,3,8-11,13H2. The van der Waals surface area contributed by atoms with Crippen LogP contribution in [0.1, 0.15) is 16.8 Å². The number of rotatable bonds is 4. The summed E-state index contributed by atoms with van der Waals surface area (Å²) < 4.78 is 5.51. The van der Waals surface area contributed by atoms with Crippen LogP contribution >= 0.6 is 23.2 Å². The van der Waals surface area contributed by atoms with Crippen molar-refractivity contribution >= 4 is 35.0 Å². The van der Waals surface area contributed by atoms with Crippen molar-refractivity contribution in [1.29, 1.82) is 0 Å². The molecule has 2 amide bonds. The molecule has 1 aliphatic rings. The molecule has 2 aromatic rings. The van der Waals surface area contributed by atoms with Gasteiger partial charge in [-0.15, -0.1) is 0 Å². The topological polar surface area (TPSA) is 70.1 Å². The van der Waals surface area contributed by atoms with Gasteiger partial charge in [0.25, 0.3) is 11.8 Å². The predicted octanol–water partition coefficient (Wildman–Crippen LogP) is 3.45. The van der Waals surface area contributed by atoms with Crippen LogP contribution in [-0.2, 0) is 4.79 Å². The van der Waals surface area contributed by atoms with Gasteiger partial charge in [0, 0.05) is 31.2 Å². The first-order valence-electron chi connectivity index (χ1n) is 8.88. The summed E-state index contributed by atoms with van der Waals surface area (Å²) in [5.74, 6) is -0.0667. The number of amides is 2. The summed E-state index contributed by atoms with van der Waals surface area (Å²) in [6, 6.07) is 11.3. The lowest BCUT2D eigenvalue weighted by atomic mass is 10.1. The van der Waals surface area contributed by atoms with Crippen molar-refractivity contribution in [2.24, 2.45) is 0 Å². The highest BCUT2D eigenvalue weighted by Gasteiger charge is 2.24. The molecule has 0 bridgehead atoms. The summed E-state index contributed by atoms with van der Waals surface area (Å²) in [6.45, 7) is 1.69. The Hall–Kier alpha value is -2.44. The zero-order valence-corrected chi connectivity index (χ0v) is 16.6. The largest absolute Gasteiger partial charge is 0.507 e. The van der Waals surface area contributed by atoms with Crippen molar-refractivity contribution in [3.05, 3.63) is 58.1 Å². The van der Waals surface area contributed by atoms with Crippen molar-refractivity contribution in [1.82, 2.24) is 9.80 Å². The van der Waals surface area contributed by atoms with E-state index in [1.54, 1.807) is 46.2 Å². The number of hydrogen-bond donors (Lipinski definition) is 1. The maximum absolute atomic E-state index is 12.6.